The smallest absolute Gasteiger partial charge is 0.336 e. The topological polar surface area (TPSA) is 33.5 Å². The Labute approximate surface area is 122 Å². The van der Waals surface area contributed by atoms with E-state index < -0.39 is 0 Å². The number of benzene rings is 2. The van der Waals surface area contributed by atoms with Gasteiger partial charge in [-0.15, -0.1) is 0 Å². The molecule has 4 rings (SSSR count). The van der Waals surface area contributed by atoms with Crippen molar-refractivity contribution in [3.8, 4) is 11.1 Å². The highest BCUT2D eigenvalue weighted by Gasteiger charge is 2.20. The van der Waals surface area contributed by atoms with E-state index in [0.717, 1.165) is 23.2 Å². The summed E-state index contributed by atoms with van der Waals surface area (Å²) in [6.45, 7) is 2.81. The van der Waals surface area contributed by atoms with Crippen LogP contribution in [-0.2, 0) is 6.54 Å². The Kier molecular flexibility index (Phi) is 2.45. The van der Waals surface area contributed by atoms with Gasteiger partial charge in [-0.2, -0.15) is 0 Å². The summed E-state index contributed by atoms with van der Waals surface area (Å²) in [6.07, 6.45) is 0. The highest BCUT2D eigenvalue weighted by molar-refractivity contribution is 5.95. The van der Waals surface area contributed by atoms with Gasteiger partial charge in [-0.25, -0.2) is 4.79 Å². The normalized spacial score (nSPS) is 13.1. The van der Waals surface area contributed by atoms with Gasteiger partial charge in [-0.3, -0.25) is 0 Å². The molecule has 0 fully saturated rings. The maximum absolute atomic E-state index is 11.6. The van der Waals surface area contributed by atoms with E-state index in [-0.39, 0.29) is 5.63 Å². The predicted molar refractivity (Wildman–Crippen MR) is 84.8 cm³/mol. The van der Waals surface area contributed by atoms with Crippen LogP contribution in [0.2, 0.25) is 0 Å². The van der Waals surface area contributed by atoms with Crippen LogP contribution in [-0.4, -0.2) is 7.05 Å². The molecule has 2 heterocycles. The standard InChI is InChI=1S/C18H15NO2/c1-11-7-18(20)21-17-9-16-15(8-14(11)17)13-6-4-3-5-12(13)10-19(16)2/h3-9H,10H2,1-2H3. The van der Waals surface area contributed by atoms with Crippen molar-refractivity contribution in [2.45, 2.75) is 13.5 Å². The minimum Gasteiger partial charge on any atom is -0.423 e. The third kappa shape index (κ3) is 1.77. The van der Waals surface area contributed by atoms with Crippen LogP contribution in [0, 0.1) is 6.92 Å². The van der Waals surface area contributed by atoms with Gasteiger partial charge < -0.3 is 9.32 Å². The average molecular weight is 277 g/mol. The third-order valence-electron chi connectivity index (χ3n) is 4.19. The molecule has 0 saturated carbocycles. The van der Waals surface area contributed by atoms with Gasteiger partial charge in [0, 0.05) is 42.4 Å². The summed E-state index contributed by atoms with van der Waals surface area (Å²) in [5, 5.41) is 0.999. The molecule has 104 valence electrons. The van der Waals surface area contributed by atoms with E-state index in [2.05, 4.69) is 42.3 Å². The van der Waals surface area contributed by atoms with Crippen molar-refractivity contribution in [1.82, 2.24) is 0 Å². The summed E-state index contributed by atoms with van der Waals surface area (Å²) in [6, 6.07) is 14.1. The zero-order chi connectivity index (χ0) is 14.6. The number of hydrogen-bond acceptors (Lipinski definition) is 3. The zero-order valence-electron chi connectivity index (χ0n) is 12.0. The lowest BCUT2D eigenvalue weighted by Gasteiger charge is -2.29. The van der Waals surface area contributed by atoms with Crippen molar-refractivity contribution >= 4 is 16.7 Å². The summed E-state index contributed by atoms with van der Waals surface area (Å²) in [7, 11) is 2.06. The van der Waals surface area contributed by atoms with Gasteiger partial charge >= 0.3 is 5.63 Å². The van der Waals surface area contributed by atoms with Crippen LogP contribution in [0.15, 0.2) is 51.7 Å². The van der Waals surface area contributed by atoms with Crippen LogP contribution in [0.5, 0.6) is 0 Å². The monoisotopic (exact) mass is 277 g/mol. The van der Waals surface area contributed by atoms with Crippen LogP contribution >= 0.6 is 0 Å². The van der Waals surface area contributed by atoms with Crippen molar-refractivity contribution in [3.63, 3.8) is 0 Å². The molecule has 1 aliphatic rings. The number of hydrogen-bond donors (Lipinski definition) is 0. The minimum atomic E-state index is -0.293. The van der Waals surface area contributed by atoms with E-state index in [1.165, 1.54) is 16.7 Å². The Bertz CT molecular complexity index is 924. The molecule has 0 bridgehead atoms. The van der Waals surface area contributed by atoms with Gasteiger partial charge in [0.2, 0.25) is 0 Å². The predicted octanol–water partition coefficient (Wildman–Crippen LogP) is 3.72. The Balaban J connectivity index is 2.11. The lowest BCUT2D eigenvalue weighted by molar-refractivity contribution is 0.560. The Morgan fingerprint density at radius 2 is 1.90 bits per heavy atom. The fourth-order valence-corrected chi connectivity index (χ4v) is 3.15. The molecule has 0 amide bonds. The summed E-state index contributed by atoms with van der Waals surface area (Å²) < 4.78 is 5.36. The first-order valence-corrected chi connectivity index (χ1v) is 7.01. The fraction of sp³-hybridized carbons (Fsp3) is 0.167. The average Bonchev–Trinajstić information content (AvgIpc) is 2.46. The molecule has 3 nitrogen and oxygen atoms in total. The molecule has 0 spiro atoms. The summed E-state index contributed by atoms with van der Waals surface area (Å²) in [5.41, 5.74) is 6.21. The molecule has 1 aliphatic heterocycles. The maximum Gasteiger partial charge on any atom is 0.336 e. The van der Waals surface area contributed by atoms with Crippen molar-refractivity contribution in [1.29, 1.82) is 0 Å². The highest BCUT2D eigenvalue weighted by Crippen LogP contribution is 2.40. The molecule has 3 heteroatoms. The molecule has 3 aromatic rings. The van der Waals surface area contributed by atoms with Gasteiger partial charge in [0.15, 0.2) is 0 Å². The number of aryl methyl sites for hydroxylation is 1. The number of rotatable bonds is 0. The van der Waals surface area contributed by atoms with Gasteiger partial charge in [0.1, 0.15) is 5.58 Å². The molecule has 0 aliphatic carbocycles. The molecule has 0 unspecified atom stereocenters. The van der Waals surface area contributed by atoms with Crippen molar-refractivity contribution in [3.05, 3.63) is 64.0 Å². The van der Waals surface area contributed by atoms with Gasteiger partial charge in [-0.05, 0) is 29.7 Å². The number of anilines is 1. The molecule has 21 heavy (non-hydrogen) atoms. The summed E-state index contributed by atoms with van der Waals surface area (Å²) in [5.74, 6) is 0. The number of nitrogens with zero attached hydrogens (tertiary/aromatic N) is 1. The molecule has 0 radical (unpaired) electrons. The summed E-state index contributed by atoms with van der Waals surface area (Å²) >= 11 is 0. The van der Waals surface area contributed by atoms with Crippen LogP contribution in [0.25, 0.3) is 22.1 Å². The van der Waals surface area contributed by atoms with E-state index in [0.29, 0.717) is 5.58 Å². The van der Waals surface area contributed by atoms with Gasteiger partial charge in [0.25, 0.3) is 0 Å². The van der Waals surface area contributed by atoms with Crippen molar-refractivity contribution < 1.29 is 4.42 Å². The molecule has 0 N–H and O–H groups in total. The van der Waals surface area contributed by atoms with E-state index in [9.17, 15) is 4.79 Å². The molecule has 0 atom stereocenters. The third-order valence-corrected chi connectivity index (χ3v) is 4.19. The quantitative estimate of drug-likeness (QED) is 0.587. The lowest BCUT2D eigenvalue weighted by atomic mass is 9.92. The second kappa shape index (κ2) is 4.22. The van der Waals surface area contributed by atoms with Crippen LogP contribution < -0.4 is 10.5 Å². The minimum absolute atomic E-state index is 0.293. The van der Waals surface area contributed by atoms with Crippen molar-refractivity contribution in [2.75, 3.05) is 11.9 Å². The van der Waals surface area contributed by atoms with E-state index in [4.69, 9.17) is 4.42 Å². The molecule has 0 saturated heterocycles. The first-order chi connectivity index (χ1) is 10.1. The zero-order valence-corrected chi connectivity index (χ0v) is 12.0. The van der Waals surface area contributed by atoms with Gasteiger partial charge in [0.05, 0.1) is 0 Å². The Morgan fingerprint density at radius 3 is 2.76 bits per heavy atom. The van der Waals surface area contributed by atoms with E-state index in [1.54, 1.807) is 6.07 Å². The van der Waals surface area contributed by atoms with Crippen LogP contribution in [0.3, 0.4) is 0 Å². The van der Waals surface area contributed by atoms with Gasteiger partial charge in [-0.1, -0.05) is 24.3 Å². The molecule has 1 aromatic heterocycles. The highest BCUT2D eigenvalue weighted by atomic mass is 16.4. The summed E-state index contributed by atoms with van der Waals surface area (Å²) in [4.78, 5) is 13.8. The van der Waals surface area contributed by atoms with E-state index in [1.807, 2.05) is 13.0 Å². The lowest BCUT2D eigenvalue weighted by Crippen LogP contribution is -2.21. The molecular formula is C18H15NO2. The second-order valence-electron chi connectivity index (χ2n) is 5.63. The maximum atomic E-state index is 11.6. The first kappa shape index (κ1) is 12.2. The molecular weight excluding hydrogens is 262 g/mol. The van der Waals surface area contributed by atoms with Crippen LogP contribution in [0.1, 0.15) is 11.1 Å². The fourth-order valence-electron chi connectivity index (χ4n) is 3.15. The first-order valence-electron chi connectivity index (χ1n) is 7.01. The van der Waals surface area contributed by atoms with Crippen molar-refractivity contribution in [2.24, 2.45) is 0 Å². The number of fused-ring (bicyclic) bond motifs is 4. The largest absolute Gasteiger partial charge is 0.423 e. The molecule has 2 aromatic carbocycles. The Hall–Kier alpha value is -2.55. The SMILES string of the molecule is Cc1cc(=O)oc2cc3c(cc12)-c1ccccc1CN3C. The Morgan fingerprint density at radius 1 is 1.10 bits per heavy atom. The van der Waals surface area contributed by atoms with E-state index >= 15 is 0 Å². The van der Waals surface area contributed by atoms with Crippen LogP contribution in [0.4, 0.5) is 5.69 Å². The second-order valence-corrected chi connectivity index (χ2v) is 5.63.